The van der Waals surface area contributed by atoms with Gasteiger partial charge in [0, 0.05) is 13.0 Å². The highest BCUT2D eigenvalue weighted by atomic mass is 35.5. The summed E-state index contributed by atoms with van der Waals surface area (Å²) in [6, 6.07) is 4.83. The summed E-state index contributed by atoms with van der Waals surface area (Å²) in [6.45, 7) is 0.260. The molecular formula is C13H12ClNO4. The minimum atomic E-state index is -0.604. The smallest absolute Gasteiger partial charge is 0.305 e. The number of nitrogens with zero attached hydrogens (tertiary/aromatic N) is 1. The number of para-hydroxylation sites is 1. The lowest BCUT2D eigenvalue weighted by Gasteiger charge is -2.17. The van der Waals surface area contributed by atoms with Gasteiger partial charge in [0.15, 0.2) is 0 Å². The number of methoxy groups -OCH3 is 1. The molecule has 0 spiro atoms. The van der Waals surface area contributed by atoms with Gasteiger partial charge < -0.3 is 9.64 Å². The Morgan fingerprint density at radius 1 is 1.37 bits per heavy atom. The Labute approximate surface area is 115 Å². The first-order valence-electron chi connectivity index (χ1n) is 5.77. The number of ether oxygens (including phenoxy) is 1. The van der Waals surface area contributed by atoms with E-state index in [0.717, 1.165) is 0 Å². The van der Waals surface area contributed by atoms with Crippen molar-refractivity contribution in [3.05, 3.63) is 28.8 Å². The molecule has 0 radical (unpaired) electrons. The lowest BCUT2D eigenvalue weighted by atomic mass is 10.1. The van der Waals surface area contributed by atoms with Gasteiger partial charge in [0.1, 0.15) is 0 Å². The van der Waals surface area contributed by atoms with Crippen molar-refractivity contribution < 1.29 is 19.1 Å². The van der Waals surface area contributed by atoms with Crippen molar-refractivity contribution in [2.45, 2.75) is 12.8 Å². The zero-order chi connectivity index (χ0) is 14.0. The number of esters is 1. The van der Waals surface area contributed by atoms with Crippen molar-refractivity contribution in [3.63, 3.8) is 0 Å². The van der Waals surface area contributed by atoms with Gasteiger partial charge in [-0.15, -0.1) is 0 Å². The number of ketones is 1. The molecule has 1 aromatic carbocycles. The molecule has 0 N–H and O–H groups in total. The highest BCUT2D eigenvalue weighted by Gasteiger charge is 2.36. The first-order chi connectivity index (χ1) is 9.06. The molecule has 1 aromatic rings. The molecule has 5 nitrogen and oxygen atoms in total. The van der Waals surface area contributed by atoms with Crippen LogP contribution in [0, 0.1) is 0 Å². The van der Waals surface area contributed by atoms with E-state index in [1.807, 2.05) is 0 Å². The summed E-state index contributed by atoms with van der Waals surface area (Å²) < 4.78 is 4.52. The number of amides is 1. The van der Waals surface area contributed by atoms with Crippen LogP contribution < -0.4 is 4.90 Å². The Morgan fingerprint density at radius 3 is 2.79 bits per heavy atom. The number of rotatable bonds is 4. The van der Waals surface area contributed by atoms with Crippen molar-refractivity contribution in [2.75, 3.05) is 18.6 Å². The molecule has 0 saturated carbocycles. The number of fused-ring (bicyclic) bond motifs is 1. The lowest BCUT2D eigenvalue weighted by molar-refractivity contribution is -0.140. The van der Waals surface area contributed by atoms with Crippen molar-refractivity contribution in [1.82, 2.24) is 0 Å². The number of hydrogen-bond acceptors (Lipinski definition) is 4. The topological polar surface area (TPSA) is 63.7 Å². The van der Waals surface area contributed by atoms with Crippen molar-refractivity contribution >= 4 is 34.9 Å². The van der Waals surface area contributed by atoms with Gasteiger partial charge in [-0.05, 0) is 18.6 Å². The Morgan fingerprint density at radius 2 is 2.11 bits per heavy atom. The van der Waals surface area contributed by atoms with Gasteiger partial charge in [0.05, 0.1) is 23.4 Å². The van der Waals surface area contributed by atoms with E-state index in [9.17, 15) is 14.4 Å². The van der Waals surface area contributed by atoms with Crippen LogP contribution in [-0.4, -0.2) is 31.3 Å². The third kappa shape index (κ3) is 2.46. The number of anilines is 1. The SMILES string of the molecule is COC(=O)CCCN1C(=O)C(=O)c2cccc(Cl)c21. The summed E-state index contributed by atoms with van der Waals surface area (Å²) in [5, 5.41) is 0.356. The molecule has 0 bridgehead atoms. The fourth-order valence-corrected chi connectivity index (χ4v) is 2.29. The molecule has 0 aromatic heterocycles. The number of carbonyl (C=O) groups excluding carboxylic acids is 3. The van der Waals surface area contributed by atoms with Crippen LogP contribution in [0.5, 0.6) is 0 Å². The van der Waals surface area contributed by atoms with Crippen LogP contribution in [0.4, 0.5) is 5.69 Å². The summed E-state index contributed by atoms with van der Waals surface area (Å²) in [5.41, 5.74) is 0.750. The van der Waals surface area contributed by atoms with E-state index in [1.54, 1.807) is 18.2 Å². The molecule has 2 rings (SSSR count). The Kier molecular flexibility index (Phi) is 3.85. The van der Waals surface area contributed by atoms with E-state index < -0.39 is 11.7 Å². The maximum absolute atomic E-state index is 11.9. The van der Waals surface area contributed by atoms with E-state index in [1.165, 1.54) is 12.0 Å². The molecule has 1 aliphatic rings. The minimum absolute atomic E-state index is 0.189. The van der Waals surface area contributed by atoms with E-state index in [-0.39, 0.29) is 18.9 Å². The summed E-state index contributed by atoms with van der Waals surface area (Å²) in [7, 11) is 1.30. The van der Waals surface area contributed by atoms with Crippen LogP contribution in [0.1, 0.15) is 23.2 Å². The van der Waals surface area contributed by atoms with Gasteiger partial charge in [0.2, 0.25) is 0 Å². The van der Waals surface area contributed by atoms with Gasteiger partial charge in [-0.1, -0.05) is 17.7 Å². The molecule has 0 fully saturated rings. The molecule has 0 atom stereocenters. The molecule has 100 valence electrons. The summed E-state index contributed by atoms with van der Waals surface area (Å²) in [4.78, 5) is 36.0. The number of benzene rings is 1. The van der Waals surface area contributed by atoms with Gasteiger partial charge in [-0.25, -0.2) is 0 Å². The minimum Gasteiger partial charge on any atom is -0.469 e. The second-order valence-corrected chi connectivity index (χ2v) is 4.51. The molecule has 0 unspecified atom stereocenters. The zero-order valence-electron chi connectivity index (χ0n) is 10.3. The van der Waals surface area contributed by atoms with Gasteiger partial charge >= 0.3 is 5.97 Å². The average molecular weight is 282 g/mol. The second kappa shape index (κ2) is 5.40. The lowest BCUT2D eigenvalue weighted by Crippen LogP contribution is -2.31. The highest BCUT2D eigenvalue weighted by molar-refractivity contribution is 6.54. The largest absolute Gasteiger partial charge is 0.469 e. The average Bonchev–Trinajstić information content (AvgIpc) is 2.65. The number of carbonyl (C=O) groups is 3. The molecule has 1 amide bonds. The molecule has 0 aliphatic carbocycles. The zero-order valence-corrected chi connectivity index (χ0v) is 11.1. The Balaban J connectivity index is 2.17. The molecule has 19 heavy (non-hydrogen) atoms. The Hall–Kier alpha value is -1.88. The molecule has 0 saturated heterocycles. The standard InChI is InChI=1S/C13H12ClNO4/c1-19-10(16)6-3-7-15-11-8(12(17)13(15)18)4-2-5-9(11)14/h2,4-5H,3,6-7H2,1H3. The molecule has 1 aliphatic heterocycles. The predicted molar refractivity (Wildman–Crippen MR) is 69.4 cm³/mol. The van der Waals surface area contributed by atoms with Gasteiger partial charge in [0.25, 0.3) is 11.7 Å². The fourth-order valence-electron chi connectivity index (χ4n) is 2.01. The highest BCUT2D eigenvalue weighted by Crippen LogP contribution is 2.35. The number of hydrogen-bond donors (Lipinski definition) is 0. The van der Waals surface area contributed by atoms with E-state index >= 15 is 0 Å². The van der Waals surface area contributed by atoms with Crippen LogP contribution in [0.15, 0.2) is 18.2 Å². The van der Waals surface area contributed by atoms with Crippen LogP contribution in [0.2, 0.25) is 5.02 Å². The molecular weight excluding hydrogens is 270 g/mol. The van der Waals surface area contributed by atoms with Crippen LogP contribution >= 0.6 is 11.6 Å². The first-order valence-corrected chi connectivity index (χ1v) is 6.15. The second-order valence-electron chi connectivity index (χ2n) is 4.10. The van der Waals surface area contributed by atoms with E-state index in [0.29, 0.717) is 22.7 Å². The van der Waals surface area contributed by atoms with Crippen LogP contribution in [0.25, 0.3) is 0 Å². The Bertz CT molecular complexity index is 556. The summed E-state index contributed by atoms with van der Waals surface area (Å²) in [6.07, 6.45) is 0.602. The third-order valence-corrected chi connectivity index (χ3v) is 3.24. The van der Waals surface area contributed by atoms with Crippen LogP contribution in [-0.2, 0) is 14.3 Å². The predicted octanol–water partition coefficient (Wildman–Crippen LogP) is 1.82. The maximum atomic E-state index is 11.9. The van der Waals surface area contributed by atoms with E-state index in [4.69, 9.17) is 11.6 Å². The number of halogens is 1. The van der Waals surface area contributed by atoms with Gasteiger partial charge in [-0.2, -0.15) is 0 Å². The fraction of sp³-hybridized carbons (Fsp3) is 0.308. The van der Waals surface area contributed by atoms with Crippen molar-refractivity contribution in [2.24, 2.45) is 0 Å². The quantitative estimate of drug-likeness (QED) is 0.624. The maximum Gasteiger partial charge on any atom is 0.305 e. The summed E-state index contributed by atoms with van der Waals surface area (Å²) >= 11 is 6.03. The third-order valence-electron chi connectivity index (χ3n) is 2.93. The molecule has 1 heterocycles. The van der Waals surface area contributed by atoms with Gasteiger partial charge in [-0.3, -0.25) is 14.4 Å². The number of Topliss-reactive ketones (excluding diaryl/α,β-unsaturated/α-hetero) is 1. The van der Waals surface area contributed by atoms with Crippen molar-refractivity contribution in [1.29, 1.82) is 0 Å². The first kappa shape index (κ1) is 13.5. The monoisotopic (exact) mass is 281 g/mol. The summed E-state index contributed by atoms with van der Waals surface area (Å²) in [5.74, 6) is -1.51. The normalized spacial score (nSPS) is 13.7. The van der Waals surface area contributed by atoms with Crippen molar-refractivity contribution in [3.8, 4) is 0 Å². The van der Waals surface area contributed by atoms with Crippen LogP contribution in [0.3, 0.4) is 0 Å². The van der Waals surface area contributed by atoms with E-state index in [2.05, 4.69) is 4.74 Å². The molecule has 6 heteroatoms.